The number of methoxy groups -OCH3 is 2. The van der Waals surface area contributed by atoms with Crippen LogP contribution in [0.3, 0.4) is 0 Å². The van der Waals surface area contributed by atoms with Gasteiger partial charge in [-0.2, -0.15) is 0 Å². The summed E-state index contributed by atoms with van der Waals surface area (Å²) >= 11 is 0. The summed E-state index contributed by atoms with van der Waals surface area (Å²) in [5.74, 6) is -1.72. The van der Waals surface area contributed by atoms with E-state index in [4.69, 9.17) is 33.2 Å². The van der Waals surface area contributed by atoms with E-state index in [-0.39, 0.29) is 30.9 Å². The number of carbonyl (C=O) groups excluding carboxylic acids is 2. The number of fused-ring (bicyclic) bond motifs is 2. The Morgan fingerprint density at radius 3 is 2.39 bits per heavy atom. The molecule has 2 aliphatic heterocycles. The molecule has 0 N–H and O–H groups in total. The van der Waals surface area contributed by atoms with E-state index in [9.17, 15) is 9.59 Å². The summed E-state index contributed by atoms with van der Waals surface area (Å²) < 4.78 is 39.7. The number of esters is 1. The van der Waals surface area contributed by atoms with Crippen LogP contribution < -0.4 is 4.74 Å². The van der Waals surface area contributed by atoms with Crippen molar-refractivity contribution in [2.45, 2.75) is 64.8 Å². The van der Waals surface area contributed by atoms with Crippen LogP contribution in [0.15, 0.2) is 30.4 Å². The molecule has 9 heteroatoms. The van der Waals surface area contributed by atoms with E-state index in [1.807, 2.05) is 19.9 Å². The maximum absolute atomic E-state index is 13.3. The van der Waals surface area contributed by atoms with E-state index in [0.29, 0.717) is 11.3 Å². The summed E-state index contributed by atoms with van der Waals surface area (Å²) in [4.78, 5) is 26.5. The number of aryl methyl sites for hydroxylation is 1. The molecule has 0 radical (unpaired) electrons. The summed E-state index contributed by atoms with van der Waals surface area (Å²) in [5.41, 5.74) is 1.69. The largest absolute Gasteiger partial charge is 0.467 e. The van der Waals surface area contributed by atoms with Crippen molar-refractivity contribution in [1.82, 2.24) is 0 Å². The minimum absolute atomic E-state index is 0.0344. The van der Waals surface area contributed by atoms with Crippen molar-refractivity contribution in [2.75, 3.05) is 27.8 Å². The Balaban J connectivity index is 2.15. The molecular weight excluding hydrogens is 468 g/mol. The second-order valence-corrected chi connectivity index (χ2v) is 9.43. The van der Waals surface area contributed by atoms with Gasteiger partial charge in [-0.15, -0.1) is 0 Å². The van der Waals surface area contributed by atoms with Gasteiger partial charge >= 0.3 is 5.97 Å². The third-order valence-corrected chi connectivity index (χ3v) is 5.99. The van der Waals surface area contributed by atoms with E-state index in [2.05, 4.69) is 0 Å². The van der Waals surface area contributed by atoms with E-state index in [0.717, 1.165) is 5.56 Å². The first-order valence-corrected chi connectivity index (χ1v) is 11.9. The van der Waals surface area contributed by atoms with Crippen LogP contribution in [0.25, 0.3) is 6.08 Å². The molecule has 5 atom stereocenters. The number of hydrogen-bond donors (Lipinski definition) is 0. The van der Waals surface area contributed by atoms with Crippen molar-refractivity contribution in [2.24, 2.45) is 5.92 Å². The van der Waals surface area contributed by atoms with Gasteiger partial charge in [-0.3, -0.25) is 4.79 Å². The lowest BCUT2D eigenvalue weighted by Gasteiger charge is -2.24. The van der Waals surface area contributed by atoms with Gasteiger partial charge in [0.05, 0.1) is 0 Å². The monoisotopic (exact) mass is 504 g/mol. The highest BCUT2D eigenvalue weighted by Gasteiger charge is 2.48. The van der Waals surface area contributed by atoms with E-state index >= 15 is 0 Å². The van der Waals surface area contributed by atoms with Gasteiger partial charge < -0.3 is 33.2 Å². The van der Waals surface area contributed by atoms with Crippen LogP contribution >= 0.6 is 0 Å². The molecule has 198 valence electrons. The first-order chi connectivity index (χ1) is 17.1. The maximum Gasteiger partial charge on any atom is 0.342 e. The lowest BCUT2D eigenvalue weighted by atomic mass is 9.97. The minimum atomic E-state index is -0.997. The molecule has 0 saturated carbocycles. The Morgan fingerprint density at radius 2 is 1.69 bits per heavy atom. The lowest BCUT2D eigenvalue weighted by Crippen LogP contribution is -2.40. The van der Waals surface area contributed by atoms with Gasteiger partial charge in [-0.1, -0.05) is 31.2 Å². The van der Waals surface area contributed by atoms with E-state index < -0.39 is 36.2 Å². The summed E-state index contributed by atoms with van der Waals surface area (Å²) in [7, 11) is 3.01. The first kappa shape index (κ1) is 28.0. The molecule has 2 heterocycles. The molecule has 4 unspecified atom stereocenters. The molecule has 0 amide bonds. The fourth-order valence-corrected chi connectivity index (χ4v) is 4.05. The quantitative estimate of drug-likeness (QED) is 0.423. The van der Waals surface area contributed by atoms with Crippen LogP contribution in [0, 0.1) is 12.8 Å². The fourth-order valence-electron chi connectivity index (χ4n) is 4.05. The molecule has 2 aliphatic rings. The van der Waals surface area contributed by atoms with Crippen LogP contribution in [-0.4, -0.2) is 69.8 Å². The summed E-state index contributed by atoms with van der Waals surface area (Å²) in [6.07, 6.45) is 3.74. The molecule has 1 aromatic rings. The Hall–Kier alpha value is -2.56. The number of carbonyl (C=O) groups is 2. The molecule has 36 heavy (non-hydrogen) atoms. The van der Waals surface area contributed by atoms with Gasteiger partial charge in [-0.05, 0) is 51.0 Å². The van der Waals surface area contributed by atoms with Crippen molar-refractivity contribution in [3.05, 3.63) is 47.1 Å². The normalized spacial score (nSPS) is 29.1. The number of ketones is 1. The Bertz CT molecular complexity index is 997. The molecule has 1 fully saturated rings. The highest BCUT2D eigenvalue weighted by molar-refractivity contribution is 5.97. The SMILES string of the molecule is COCOc1cc(C)cc2c1C(=O)OC(C)[C@H](C)/C=C\C(=O)C1OC(C)(C)OC1C(OCOC)C=C2. The zero-order valence-electron chi connectivity index (χ0n) is 21.9. The number of cyclic esters (lactones) is 1. The second kappa shape index (κ2) is 12.1. The molecule has 0 spiro atoms. The molecular formula is C27H36O9. The van der Waals surface area contributed by atoms with Gasteiger partial charge in [0.2, 0.25) is 0 Å². The predicted molar refractivity (Wildman–Crippen MR) is 131 cm³/mol. The number of rotatable bonds is 6. The number of ether oxygens (including phenoxy) is 7. The van der Waals surface area contributed by atoms with Crippen LogP contribution in [0.2, 0.25) is 0 Å². The van der Waals surface area contributed by atoms with Gasteiger partial charge in [0.25, 0.3) is 0 Å². The average Bonchev–Trinajstić information content (AvgIpc) is 3.15. The third kappa shape index (κ3) is 6.80. The first-order valence-electron chi connectivity index (χ1n) is 11.9. The maximum atomic E-state index is 13.3. The van der Waals surface area contributed by atoms with Crippen LogP contribution in [-0.2, 0) is 33.2 Å². The highest BCUT2D eigenvalue weighted by atomic mass is 16.8. The van der Waals surface area contributed by atoms with Gasteiger partial charge in [-0.25, -0.2) is 4.79 Å². The molecule has 0 aromatic heterocycles. The number of hydrogen-bond acceptors (Lipinski definition) is 9. The van der Waals surface area contributed by atoms with Crippen LogP contribution in [0.1, 0.15) is 49.2 Å². The molecule has 0 bridgehead atoms. The smallest absolute Gasteiger partial charge is 0.342 e. The second-order valence-electron chi connectivity index (χ2n) is 9.43. The van der Waals surface area contributed by atoms with Crippen LogP contribution in [0.5, 0.6) is 5.75 Å². The molecule has 1 saturated heterocycles. The molecule has 9 nitrogen and oxygen atoms in total. The van der Waals surface area contributed by atoms with E-state index in [1.54, 1.807) is 45.1 Å². The lowest BCUT2D eigenvalue weighted by molar-refractivity contribution is -0.164. The molecule has 0 aliphatic carbocycles. The van der Waals surface area contributed by atoms with E-state index in [1.165, 1.54) is 20.3 Å². The van der Waals surface area contributed by atoms with Crippen molar-refractivity contribution in [3.63, 3.8) is 0 Å². The standard InChI is InChI=1S/C27H36O9/c1-16-12-19-9-11-21(32-14-30-6)25-24(35-27(4,5)36-25)20(28)10-8-17(2)18(3)34-26(29)23(19)22(13-16)33-15-31-7/h8-13,17-18,21,24-25H,14-15H2,1-7H3/b10-8-,11-9?/t17-,18?,21?,24?,25?/m1/s1. The van der Waals surface area contributed by atoms with Crippen molar-refractivity contribution in [1.29, 1.82) is 0 Å². The predicted octanol–water partition coefficient (Wildman–Crippen LogP) is 3.82. The topological polar surface area (TPSA) is 98.8 Å². The Labute approximate surface area is 212 Å². The average molecular weight is 505 g/mol. The van der Waals surface area contributed by atoms with Gasteiger partial charge in [0.1, 0.15) is 36.4 Å². The minimum Gasteiger partial charge on any atom is -0.467 e. The van der Waals surface area contributed by atoms with Crippen LogP contribution in [0.4, 0.5) is 0 Å². The Kier molecular flexibility index (Phi) is 9.43. The Morgan fingerprint density at radius 1 is 0.972 bits per heavy atom. The molecule has 1 aromatic carbocycles. The van der Waals surface area contributed by atoms with Gasteiger partial charge in [0.15, 0.2) is 24.5 Å². The van der Waals surface area contributed by atoms with Crippen molar-refractivity contribution >= 4 is 17.8 Å². The van der Waals surface area contributed by atoms with Gasteiger partial charge in [0, 0.05) is 20.1 Å². The zero-order valence-corrected chi connectivity index (χ0v) is 21.9. The third-order valence-electron chi connectivity index (χ3n) is 5.99. The van der Waals surface area contributed by atoms with Crippen molar-refractivity contribution < 1.29 is 42.7 Å². The van der Waals surface area contributed by atoms with Crippen molar-refractivity contribution in [3.8, 4) is 5.75 Å². The molecule has 3 rings (SSSR count). The summed E-state index contributed by atoms with van der Waals surface area (Å²) in [5, 5.41) is 0. The number of benzene rings is 1. The summed E-state index contributed by atoms with van der Waals surface area (Å²) in [6, 6.07) is 3.60. The summed E-state index contributed by atoms with van der Waals surface area (Å²) in [6.45, 7) is 8.96. The fraction of sp³-hybridized carbons (Fsp3) is 0.556. The zero-order chi connectivity index (χ0) is 26.5. The highest BCUT2D eigenvalue weighted by Crippen LogP contribution is 2.34.